The number of para-hydroxylation sites is 1. The molecule has 1 aromatic rings. The molecule has 1 amide bonds. The summed E-state index contributed by atoms with van der Waals surface area (Å²) in [6, 6.07) is 5.79. The van der Waals surface area contributed by atoms with E-state index in [1.54, 1.807) is 7.11 Å². The average molecular weight is 277 g/mol. The molecule has 0 saturated carbocycles. The first kappa shape index (κ1) is 14.9. The fraction of sp³-hybridized carbons (Fsp3) is 0.562. The predicted molar refractivity (Wildman–Crippen MR) is 78.4 cm³/mol. The van der Waals surface area contributed by atoms with Gasteiger partial charge in [-0.3, -0.25) is 4.79 Å². The topological polar surface area (TPSA) is 38.8 Å². The van der Waals surface area contributed by atoms with Gasteiger partial charge in [-0.1, -0.05) is 32.9 Å². The minimum atomic E-state index is -0.0629. The minimum Gasteiger partial charge on any atom is -0.496 e. The molecule has 4 nitrogen and oxygen atoms in total. The van der Waals surface area contributed by atoms with Crippen LogP contribution in [0.4, 0.5) is 0 Å². The molecule has 1 saturated heterocycles. The molecule has 0 unspecified atom stereocenters. The van der Waals surface area contributed by atoms with Crippen LogP contribution < -0.4 is 4.74 Å². The van der Waals surface area contributed by atoms with Crippen molar-refractivity contribution in [2.45, 2.75) is 26.2 Å². The average Bonchev–Trinajstić information content (AvgIpc) is 2.45. The lowest BCUT2D eigenvalue weighted by Gasteiger charge is -2.29. The molecule has 0 N–H and O–H groups in total. The van der Waals surface area contributed by atoms with Crippen LogP contribution >= 0.6 is 0 Å². The normalized spacial score (nSPS) is 16.1. The van der Waals surface area contributed by atoms with Crippen molar-refractivity contribution in [3.8, 4) is 5.75 Å². The summed E-state index contributed by atoms with van der Waals surface area (Å²) >= 11 is 0. The fourth-order valence-electron chi connectivity index (χ4n) is 2.45. The lowest BCUT2D eigenvalue weighted by molar-refractivity contribution is 0.0300. The molecule has 110 valence electrons. The maximum Gasteiger partial charge on any atom is 0.257 e. The van der Waals surface area contributed by atoms with Gasteiger partial charge in [0.25, 0.3) is 5.91 Å². The van der Waals surface area contributed by atoms with E-state index in [9.17, 15) is 4.79 Å². The molecule has 1 aliphatic heterocycles. The van der Waals surface area contributed by atoms with E-state index in [1.807, 2.05) is 23.1 Å². The van der Waals surface area contributed by atoms with E-state index in [0.717, 1.165) is 5.56 Å². The maximum absolute atomic E-state index is 12.6. The van der Waals surface area contributed by atoms with Crippen LogP contribution in [-0.4, -0.2) is 44.2 Å². The Hall–Kier alpha value is -1.55. The van der Waals surface area contributed by atoms with E-state index in [0.29, 0.717) is 37.6 Å². The highest BCUT2D eigenvalue weighted by molar-refractivity contribution is 5.97. The second kappa shape index (κ2) is 5.83. The van der Waals surface area contributed by atoms with Crippen LogP contribution in [0.25, 0.3) is 0 Å². The Balaban J connectivity index is 2.38. The number of hydrogen-bond donors (Lipinski definition) is 0. The van der Waals surface area contributed by atoms with Crippen LogP contribution in [-0.2, 0) is 10.2 Å². The number of rotatable bonds is 2. The molecule has 0 spiro atoms. The summed E-state index contributed by atoms with van der Waals surface area (Å²) in [6.45, 7) is 8.85. The van der Waals surface area contributed by atoms with Crippen LogP contribution in [0.3, 0.4) is 0 Å². The number of hydrogen-bond acceptors (Lipinski definition) is 3. The number of nitrogens with zero attached hydrogens (tertiary/aromatic N) is 1. The van der Waals surface area contributed by atoms with Crippen molar-refractivity contribution in [2.24, 2.45) is 0 Å². The van der Waals surface area contributed by atoms with Crippen molar-refractivity contribution in [1.82, 2.24) is 4.90 Å². The van der Waals surface area contributed by atoms with Crippen LogP contribution in [0.1, 0.15) is 36.7 Å². The van der Waals surface area contributed by atoms with Gasteiger partial charge in [0.1, 0.15) is 5.75 Å². The van der Waals surface area contributed by atoms with Gasteiger partial charge in [0.2, 0.25) is 0 Å². The van der Waals surface area contributed by atoms with Gasteiger partial charge in [-0.2, -0.15) is 0 Å². The minimum absolute atomic E-state index is 0.0243. The van der Waals surface area contributed by atoms with Gasteiger partial charge in [0, 0.05) is 18.7 Å². The molecule has 0 radical (unpaired) electrons. The van der Waals surface area contributed by atoms with Crippen LogP contribution in [0, 0.1) is 0 Å². The van der Waals surface area contributed by atoms with E-state index >= 15 is 0 Å². The quantitative estimate of drug-likeness (QED) is 0.833. The van der Waals surface area contributed by atoms with E-state index in [2.05, 4.69) is 20.8 Å². The van der Waals surface area contributed by atoms with Crippen molar-refractivity contribution in [3.05, 3.63) is 29.3 Å². The van der Waals surface area contributed by atoms with Crippen molar-refractivity contribution in [2.75, 3.05) is 33.4 Å². The maximum atomic E-state index is 12.6. The van der Waals surface area contributed by atoms with Crippen molar-refractivity contribution in [1.29, 1.82) is 0 Å². The van der Waals surface area contributed by atoms with Crippen LogP contribution in [0.2, 0.25) is 0 Å². The van der Waals surface area contributed by atoms with Gasteiger partial charge in [-0.05, 0) is 11.5 Å². The Bertz CT molecular complexity index is 485. The highest BCUT2D eigenvalue weighted by atomic mass is 16.5. The Morgan fingerprint density at radius 3 is 2.45 bits per heavy atom. The largest absolute Gasteiger partial charge is 0.496 e. The molecule has 0 aliphatic carbocycles. The zero-order valence-electron chi connectivity index (χ0n) is 12.7. The van der Waals surface area contributed by atoms with Crippen molar-refractivity contribution in [3.63, 3.8) is 0 Å². The zero-order valence-corrected chi connectivity index (χ0v) is 12.7. The molecule has 0 aromatic heterocycles. The van der Waals surface area contributed by atoms with E-state index in [-0.39, 0.29) is 11.3 Å². The number of methoxy groups -OCH3 is 1. The summed E-state index contributed by atoms with van der Waals surface area (Å²) in [7, 11) is 1.63. The lowest BCUT2D eigenvalue weighted by Crippen LogP contribution is -2.41. The first-order valence-electron chi connectivity index (χ1n) is 6.99. The third-order valence-electron chi connectivity index (χ3n) is 3.56. The van der Waals surface area contributed by atoms with Gasteiger partial charge in [0.15, 0.2) is 0 Å². The first-order valence-corrected chi connectivity index (χ1v) is 6.99. The zero-order chi connectivity index (χ0) is 14.8. The van der Waals surface area contributed by atoms with Gasteiger partial charge in [-0.15, -0.1) is 0 Å². The molecule has 0 bridgehead atoms. The highest BCUT2D eigenvalue weighted by Gasteiger charge is 2.26. The van der Waals surface area contributed by atoms with Gasteiger partial charge in [0.05, 0.1) is 25.9 Å². The van der Waals surface area contributed by atoms with E-state index in [4.69, 9.17) is 9.47 Å². The second-order valence-corrected chi connectivity index (χ2v) is 6.04. The van der Waals surface area contributed by atoms with Crippen molar-refractivity contribution < 1.29 is 14.3 Å². The van der Waals surface area contributed by atoms with Crippen LogP contribution in [0.5, 0.6) is 5.75 Å². The number of carbonyl (C=O) groups excluding carboxylic acids is 1. The SMILES string of the molecule is COc1c(C(=O)N2CCOCC2)cccc1C(C)(C)C. The fourth-order valence-corrected chi connectivity index (χ4v) is 2.45. The summed E-state index contributed by atoms with van der Waals surface area (Å²) in [5.41, 5.74) is 1.63. The molecular weight excluding hydrogens is 254 g/mol. The Labute approximate surface area is 120 Å². The molecule has 4 heteroatoms. The van der Waals surface area contributed by atoms with Gasteiger partial charge < -0.3 is 14.4 Å². The van der Waals surface area contributed by atoms with E-state index in [1.165, 1.54) is 0 Å². The van der Waals surface area contributed by atoms with Crippen LogP contribution in [0.15, 0.2) is 18.2 Å². The molecule has 1 aliphatic rings. The molecule has 1 heterocycles. The monoisotopic (exact) mass is 277 g/mol. The number of morpholine rings is 1. The Morgan fingerprint density at radius 1 is 1.25 bits per heavy atom. The predicted octanol–water partition coefficient (Wildman–Crippen LogP) is 2.47. The standard InChI is InChI=1S/C16H23NO3/c1-16(2,3)13-7-5-6-12(14(13)19-4)15(18)17-8-10-20-11-9-17/h5-7H,8-11H2,1-4H3. The molecule has 1 aromatic carbocycles. The molecule has 2 rings (SSSR count). The number of amides is 1. The highest BCUT2D eigenvalue weighted by Crippen LogP contribution is 2.34. The Kier molecular flexibility index (Phi) is 4.33. The lowest BCUT2D eigenvalue weighted by atomic mass is 9.85. The third-order valence-corrected chi connectivity index (χ3v) is 3.56. The summed E-state index contributed by atoms with van der Waals surface area (Å²) in [5.74, 6) is 0.716. The molecular formula is C16H23NO3. The number of ether oxygens (including phenoxy) is 2. The van der Waals surface area contributed by atoms with Gasteiger partial charge >= 0.3 is 0 Å². The third kappa shape index (κ3) is 2.96. The van der Waals surface area contributed by atoms with Gasteiger partial charge in [-0.25, -0.2) is 0 Å². The Morgan fingerprint density at radius 2 is 1.90 bits per heavy atom. The first-order chi connectivity index (χ1) is 9.45. The summed E-state index contributed by atoms with van der Waals surface area (Å²) in [5, 5.41) is 0. The second-order valence-electron chi connectivity index (χ2n) is 6.04. The summed E-state index contributed by atoms with van der Waals surface area (Å²) in [4.78, 5) is 14.5. The van der Waals surface area contributed by atoms with Crippen molar-refractivity contribution >= 4 is 5.91 Å². The summed E-state index contributed by atoms with van der Waals surface area (Å²) in [6.07, 6.45) is 0. The molecule has 20 heavy (non-hydrogen) atoms. The number of carbonyl (C=O) groups is 1. The summed E-state index contributed by atoms with van der Waals surface area (Å²) < 4.78 is 10.8. The van der Waals surface area contributed by atoms with E-state index < -0.39 is 0 Å². The molecule has 1 fully saturated rings. The molecule has 0 atom stereocenters. The number of benzene rings is 1. The smallest absolute Gasteiger partial charge is 0.257 e.